The normalized spacial score (nSPS) is 12.3. The van der Waals surface area contributed by atoms with Crippen LogP contribution in [0.25, 0.3) is 5.69 Å². The minimum Gasteiger partial charge on any atom is -0.494 e. The van der Waals surface area contributed by atoms with Crippen LogP contribution in [0.15, 0.2) is 70.8 Å². The summed E-state index contributed by atoms with van der Waals surface area (Å²) in [6, 6.07) is 12.8. The number of ether oxygens (including phenoxy) is 1. The lowest BCUT2D eigenvalue weighted by molar-refractivity contribution is -0.870. The van der Waals surface area contributed by atoms with Crippen molar-refractivity contribution < 1.29 is 30.8 Å². The molecule has 0 aliphatic rings. The summed E-state index contributed by atoms with van der Waals surface area (Å²) in [6.07, 6.45) is 2.32. The topological polar surface area (TPSA) is 64.4 Å². The van der Waals surface area contributed by atoms with Gasteiger partial charge in [-0.1, -0.05) is 57.6 Å². The third-order valence-corrected chi connectivity index (χ3v) is 11.3. The number of imidazole rings is 1. The molecule has 0 unspecified atom stereocenters. The molecule has 0 spiro atoms. The van der Waals surface area contributed by atoms with Crippen molar-refractivity contribution in [1.29, 1.82) is 0 Å². The van der Waals surface area contributed by atoms with Crippen molar-refractivity contribution in [2.45, 2.75) is 55.8 Å². The number of aromatic nitrogens is 2. The molecule has 0 bridgehead atoms. The molecule has 0 fully saturated rings. The summed E-state index contributed by atoms with van der Waals surface area (Å²) in [7, 11) is 3.52. The molecule has 0 aliphatic heterocycles. The molecule has 1 aromatic heterocycles. The van der Waals surface area contributed by atoms with Crippen LogP contribution in [0, 0.1) is 17.5 Å². The first-order valence-corrected chi connectivity index (χ1v) is 17.9. The van der Waals surface area contributed by atoms with Gasteiger partial charge in [0.2, 0.25) is 10.0 Å². The average molecular weight is 726 g/mol. The number of quaternary nitrogens is 1. The lowest BCUT2D eigenvalue weighted by Crippen LogP contribution is -2.39. The van der Waals surface area contributed by atoms with E-state index in [9.17, 15) is 17.2 Å². The van der Waals surface area contributed by atoms with Crippen LogP contribution >= 0.6 is 23.4 Å². The second kappa shape index (κ2) is 15.7. The third kappa shape index (κ3) is 8.76. The van der Waals surface area contributed by atoms with Crippen LogP contribution in [0.5, 0.6) is 5.75 Å². The third-order valence-electron chi connectivity index (χ3n) is 8.01. The van der Waals surface area contributed by atoms with Gasteiger partial charge in [-0.15, -0.1) is 0 Å². The largest absolute Gasteiger partial charge is 0.494 e. The molecule has 262 valence electrons. The molecule has 0 aliphatic carbocycles. The van der Waals surface area contributed by atoms with Crippen LogP contribution < -0.4 is 4.74 Å². The van der Waals surface area contributed by atoms with E-state index in [0.717, 1.165) is 18.2 Å². The number of nitrogens with zero attached hydrogens (tertiary/aromatic N) is 4. The maximum atomic E-state index is 15.6. The Bertz CT molecular complexity index is 1800. The molecule has 4 rings (SSSR count). The Balaban J connectivity index is 0.00000625. The number of thioether (sulfide) groups is 1. The summed E-state index contributed by atoms with van der Waals surface area (Å²) in [5.41, 5.74) is 1.47. The lowest BCUT2D eigenvalue weighted by atomic mass is 9.81. The summed E-state index contributed by atoms with van der Waals surface area (Å²) >= 11 is 7.74. The van der Waals surface area contributed by atoms with Gasteiger partial charge in [0.05, 0.1) is 51.6 Å². The molecular weight excluding hydrogens is 681 g/mol. The van der Waals surface area contributed by atoms with Gasteiger partial charge in [0.25, 0.3) is 0 Å². The first kappa shape index (κ1) is 39.4. The van der Waals surface area contributed by atoms with Crippen LogP contribution in [0.3, 0.4) is 0 Å². The molecule has 48 heavy (non-hydrogen) atoms. The van der Waals surface area contributed by atoms with E-state index in [0.29, 0.717) is 34.0 Å². The van der Waals surface area contributed by atoms with Crippen LogP contribution in [-0.4, -0.2) is 74.6 Å². The van der Waals surface area contributed by atoms with E-state index >= 15 is 4.39 Å². The van der Waals surface area contributed by atoms with Crippen LogP contribution in [0.1, 0.15) is 51.4 Å². The second-order valence-corrected chi connectivity index (χ2v) is 16.0. The van der Waals surface area contributed by atoms with E-state index in [1.807, 2.05) is 39.6 Å². The lowest BCUT2D eigenvalue weighted by Gasteiger charge is -2.28. The van der Waals surface area contributed by atoms with Crippen LogP contribution in [0.2, 0.25) is 5.02 Å². The predicted octanol–water partition coefficient (Wildman–Crippen LogP) is 8.31. The molecule has 7 nitrogen and oxygen atoms in total. The van der Waals surface area contributed by atoms with Crippen LogP contribution in [0.4, 0.5) is 13.2 Å². The zero-order valence-electron chi connectivity index (χ0n) is 27.7. The zero-order chi connectivity index (χ0) is 34.7. The smallest absolute Gasteiger partial charge is 0.243 e. The summed E-state index contributed by atoms with van der Waals surface area (Å²) in [4.78, 5) is 4.43. The predicted molar refractivity (Wildman–Crippen MR) is 188 cm³/mol. The molecule has 0 amide bonds. The molecule has 0 saturated carbocycles. The van der Waals surface area contributed by atoms with Gasteiger partial charge in [0.1, 0.15) is 11.6 Å². The Morgan fingerprint density at radius 1 is 1.02 bits per heavy atom. The highest BCUT2D eigenvalue weighted by atomic mass is 35.5. The Morgan fingerprint density at radius 3 is 2.27 bits per heavy atom. The van der Waals surface area contributed by atoms with Gasteiger partial charge >= 0.3 is 0 Å². The van der Waals surface area contributed by atoms with E-state index in [1.54, 1.807) is 37.4 Å². The van der Waals surface area contributed by atoms with Gasteiger partial charge in [0.15, 0.2) is 16.7 Å². The van der Waals surface area contributed by atoms with E-state index in [-0.39, 0.29) is 41.0 Å². The minimum absolute atomic E-state index is 0. The molecule has 13 heteroatoms. The van der Waals surface area contributed by atoms with Gasteiger partial charge in [0, 0.05) is 47.0 Å². The van der Waals surface area contributed by atoms with Crippen molar-refractivity contribution in [3.8, 4) is 11.4 Å². The first-order valence-electron chi connectivity index (χ1n) is 15.1. The standard InChI is InChI=1S/C34H41ClF3N4O3S2.CH4/c1-8-40(16-9-17-42(4,5)6)47(43,44)26-19-28(35)27(30(38)20-26)22-46-33-39-21-32(41(33)25-13-11-24(36)12-14-25)34(2,3)23-10-15-29(37)31(18-23)45-7;/h10-15,18-21H,8-9,16-17,22H2,1-7H3;1H4/q+1;. The fourth-order valence-electron chi connectivity index (χ4n) is 5.24. The van der Waals surface area contributed by atoms with Gasteiger partial charge in [-0.3, -0.25) is 4.57 Å². The van der Waals surface area contributed by atoms with Crippen LogP contribution in [-0.2, 0) is 21.2 Å². The van der Waals surface area contributed by atoms with Crippen molar-refractivity contribution in [3.05, 3.63) is 100 Å². The van der Waals surface area contributed by atoms with Gasteiger partial charge < -0.3 is 9.22 Å². The van der Waals surface area contributed by atoms with E-state index < -0.39 is 32.9 Å². The first-order chi connectivity index (χ1) is 22.0. The van der Waals surface area contributed by atoms with Crippen molar-refractivity contribution in [2.24, 2.45) is 0 Å². The van der Waals surface area contributed by atoms with E-state index in [4.69, 9.17) is 16.3 Å². The van der Waals surface area contributed by atoms with Crippen molar-refractivity contribution >= 4 is 33.4 Å². The number of sulfonamides is 1. The Labute approximate surface area is 292 Å². The number of methoxy groups -OCH3 is 1. The van der Waals surface area contributed by atoms with E-state index in [2.05, 4.69) is 4.98 Å². The van der Waals surface area contributed by atoms with E-state index in [1.165, 1.54) is 47.4 Å². The minimum atomic E-state index is -3.98. The fourth-order valence-corrected chi connectivity index (χ4v) is 8.21. The second-order valence-electron chi connectivity index (χ2n) is 12.7. The number of benzene rings is 3. The number of hydrogen-bond acceptors (Lipinski definition) is 5. The van der Waals surface area contributed by atoms with Gasteiger partial charge in [-0.2, -0.15) is 4.31 Å². The fraction of sp³-hybridized carbons (Fsp3) is 0.400. The highest BCUT2D eigenvalue weighted by Gasteiger charge is 2.31. The highest BCUT2D eigenvalue weighted by Crippen LogP contribution is 2.39. The highest BCUT2D eigenvalue weighted by molar-refractivity contribution is 7.98. The SMILES string of the molecule is C.CCN(CCC[N+](C)(C)C)S(=O)(=O)c1cc(F)c(CSc2ncc(C(C)(C)c3ccc(F)c(OC)c3)n2-c2ccc(F)cc2)c(Cl)c1. The summed E-state index contributed by atoms with van der Waals surface area (Å²) < 4.78 is 79.7. The number of hydrogen-bond donors (Lipinski definition) is 0. The van der Waals surface area contributed by atoms with Crippen molar-refractivity contribution in [2.75, 3.05) is 47.9 Å². The summed E-state index contributed by atoms with van der Waals surface area (Å²) in [5.74, 6) is -1.51. The summed E-state index contributed by atoms with van der Waals surface area (Å²) in [6.45, 7) is 6.97. The molecule has 0 atom stereocenters. The Morgan fingerprint density at radius 2 is 1.69 bits per heavy atom. The maximum Gasteiger partial charge on any atom is 0.243 e. The Hall–Kier alpha value is -3.03. The average Bonchev–Trinajstić information content (AvgIpc) is 3.43. The maximum absolute atomic E-state index is 15.6. The molecule has 3 aromatic carbocycles. The quantitative estimate of drug-likeness (QED) is 0.0967. The molecule has 0 saturated heterocycles. The molecule has 4 aromatic rings. The molecule has 1 heterocycles. The Kier molecular flexibility index (Phi) is 12.9. The number of halogens is 4. The zero-order valence-corrected chi connectivity index (χ0v) is 30.0. The van der Waals surface area contributed by atoms with Gasteiger partial charge in [-0.25, -0.2) is 26.6 Å². The monoisotopic (exact) mass is 725 g/mol. The molecule has 0 N–H and O–H groups in total. The van der Waals surface area contributed by atoms with Gasteiger partial charge in [-0.05, 0) is 54.1 Å². The van der Waals surface area contributed by atoms with Crippen molar-refractivity contribution in [3.63, 3.8) is 0 Å². The summed E-state index contributed by atoms with van der Waals surface area (Å²) in [5, 5.41) is 0.452. The number of rotatable bonds is 14. The molecular formula is C35H45ClF3N4O3S2+. The van der Waals surface area contributed by atoms with Crippen molar-refractivity contribution in [1.82, 2.24) is 13.9 Å². The molecule has 0 radical (unpaired) electrons.